The van der Waals surface area contributed by atoms with Crippen molar-refractivity contribution in [1.29, 1.82) is 0 Å². The monoisotopic (exact) mass is 401 g/mol. The number of methoxy groups -OCH3 is 2. The van der Waals surface area contributed by atoms with Crippen LogP contribution in [0.2, 0.25) is 0 Å². The van der Waals surface area contributed by atoms with E-state index in [0.29, 0.717) is 18.3 Å². The van der Waals surface area contributed by atoms with Crippen LogP contribution in [0.5, 0.6) is 11.5 Å². The van der Waals surface area contributed by atoms with Gasteiger partial charge in [0.05, 0.1) is 19.9 Å². The molecule has 7 nitrogen and oxygen atoms in total. The first kappa shape index (κ1) is 22.1. The highest BCUT2D eigenvalue weighted by Gasteiger charge is 2.29. The summed E-state index contributed by atoms with van der Waals surface area (Å²) in [6, 6.07) is 7.89. The molecule has 0 radical (unpaired) electrons. The van der Waals surface area contributed by atoms with Crippen LogP contribution in [-0.4, -0.2) is 30.2 Å². The van der Waals surface area contributed by atoms with E-state index in [0.717, 1.165) is 35.6 Å². The number of ether oxygens (including phenoxy) is 2. The maximum absolute atomic E-state index is 5.86. The van der Waals surface area contributed by atoms with Gasteiger partial charge in [0, 0.05) is 30.1 Å². The van der Waals surface area contributed by atoms with Crippen LogP contribution in [0, 0.1) is 0 Å². The second-order valence-corrected chi connectivity index (χ2v) is 6.00. The molecule has 9 heteroatoms. The number of hydrogen-bond acceptors (Lipinski definition) is 7. The Bertz CT molecular complexity index is 726. The van der Waals surface area contributed by atoms with Crippen molar-refractivity contribution in [3.8, 4) is 11.5 Å². The van der Waals surface area contributed by atoms with Gasteiger partial charge >= 0.3 is 0 Å². The Morgan fingerprint density at radius 3 is 2.46 bits per heavy atom. The summed E-state index contributed by atoms with van der Waals surface area (Å²) < 4.78 is 10.7. The zero-order valence-corrected chi connectivity index (χ0v) is 16.4. The minimum Gasteiger partial charge on any atom is -0.497 e. The van der Waals surface area contributed by atoms with Crippen LogP contribution in [0.15, 0.2) is 24.3 Å². The minimum absolute atomic E-state index is 0. The molecule has 1 saturated carbocycles. The molecule has 0 atom stereocenters. The molecule has 0 saturated heterocycles. The number of aromatic nitrogens is 2. The summed E-state index contributed by atoms with van der Waals surface area (Å²) in [6.45, 7) is 0.542. The van der Waals surface area contributed by atoms with Gasteiger partial charge in [0.1, 0.15) is 17.3 Å². The molecule has 3 rings (SSSR count). The quantitative estimate of drug-likeness (QED) is 0.682. The zero-order valence-electron chi connectivity index (χ0n) is 14.8. The third-order valence-corrected chi connectivity index (χ3v) is 4.30. The Morgan fingerprint density at radius 2 is 1.85 bits per heavy atom. The normalized spacial score (nSPS) is 18.0. The molecule has 0 amide bonds. The summed E-state index contributed by atoms with van der Waals surface area (Å²) in [7, 11) is 3.28. The van der Waals surface area contributed by atoms with Crippen molar-refractivity contribution in [2.24, 2.45) is 5.73 Å². The van der Waals surface area contributed by atoms with Gasteiger partial charge in [-0.2, -0.15) is 4.98 Å². The van der Waals surface area contributed by atoms with E-state index in [-0.39, 0.29) is 36.8 Å². The lowest BCUT2D eigenvalue weighted by Crippen LogP contribution is -2.35. The summed E-state index contributed by atoms with van der Waals surface area (Å²) >= 11 is 0. The Balaban J connectivity index is 0.00000169. The van der Waals surface area contributed by atoms with E-state index in [9.17, 15) is 0 Å². The topological polar surface area (TPSA) is 108 Å². The fourth-order valence-corrected chi connectivity index (χ4v) is 2.89. The largest absolute Gasteiger partial charge is 0.497 e. The number of nitrogens with two attached hydrogens (primary N) is 2. The molecule has 1 fully saturated rings. The predicted molar refractivity (Wildman–Crippen MR) is 108 cm³/mol. The van der Waals surface area contributed by atoms with Crippen molar-refractivity contribution >= 4 is 36.6 Å². The second-order valence-electron chi connectivity index (χ2n) is 6.00. The van der Waals surface area contributed by atoms with Gasteiger partial charge in [0.25, 0.3) is 0 Å². The molecule has 1 heterocycles. The van der Waals surface area contributed by atoms with Gasteiger partial charge in [0.15, 0.2) is 0 Å². The highest BCUT2D eigenvalue weighted by molar-refractivity contribution is 5.85. The van der Waals surface area contributed by atoms with Crippen molar-refractivity contribution in [2.45, 2.75) is 31.3 Å². The molecule has 1 aliphatic carbocycles. The molecule has 0 aliphatic heterocycles. The SMILES string of the molecule is COc1ccc(OC)c(CNc2cc(C3CC(N)C3)nc(N)n2)c1.Cl.Cl. The van der Waals surface area contributed by atoms with Crippen molar-refractivity contribution in [3.05, 3.63) is 35.5 Å². The van der Waals surface area contributed by atoms with E-state index < -0.39 is 0 Å². The van der Waals surface area contributed by atoms with Gasteiger partial charge in [-0.3, -0.25) is 0 Å². The van der Waals surface area contributed by atoms with Gasteiger partial charge in [-0.1, -0.05) is 0 Å². The molecule has 2 aromatic rings. The Morgan fingerprint density at radius 1 is 1.12 bits per heavy atom. The maximum atomic E-state index is 5.86. The van der Waals surface area contributed by atoms with Crippen LogP contribution in [0.25, 0.3) is 0 Å². The standard InChI is InChI=1S/C17H23N5O2.2ClH/c1-23-13-3-4-15(24-2)11(7-13)9-20-16-8-14(21-17(19)22-16)10-5-12(18)6-10;;/h3-4,7-8,10,12H,5-6,9,18H2,1-2H3,(H3,19,20,21,22);2*1H. The number of nitrogens with one attached hydrogen (secondary N) is 1. The predicted octanol–water partition coefficient (Wildman–Crippen LogP) is 2.74. The second kappa shape index (κ2) is 9.66. The fraction of sp³-hybridized carbons (Fsp3) is 0.412. The molecular weight excluding hydrogens is 377 g/mol. The Kier molecular flexibility index (Phi) is 8.20. The summed E-state index contributed by atoms with van der Waals surface area (Å²) in [5.41, 5.74) is 13.6. The smallest absolute Gasteiger partial charge is 0.222 e. The molecule has 144 valence electrons. The van der Waals surface area contributed by atoms with Crippen molar-refractivity contribution in [1.82, 2.24) is 9.97 Å². The minimum atomic E-state index is 0. The Hall–Kier alpha value is -1.96. The van der Waals surface area contributed by atoms with Gasteiger partial charge in [-0.25, -0.2) is 4.98 Å². The lowest BCUT2D eigenvalue weighted by molar-refractivity contribution is 0.345. The van der Waals surface area contributed by atoms with Gasteiger partial charge in [0.2, 0.25) is 5.95 Å². The first-order chi connectivity index (χ1) is 11.6. The van der Waals surface area contributed by atoms with Gasteiger partial charge < -0.3 is 26.3 Å². The molecule has 0 unspecified atom stereocenters. The lowest BCUT2D eigenvalue weighted by Gasteiger charge is -2.32. The summed E-state index contributed by atoms with van der Waals surface area (Å²) in [5.74, 6) is 2.91. The Labute approximate surface area is 165 Å². The summed E-state index contributed by atoms with van der Waals surface area (Å²) in [5, 5.41) is 3.28. The molecule has 5 N–H and O–H groups in total. The summed E-state index contributed by atoms with van der Waals surface area (Å²) in [4.78, 5) is 8.59. The van der Waals surface area contributed by atoms with E-state index in [1.54, 1.807) is 14.2 Å². The van der Waals surface area contributed by atoms with Crippen LogP contribution in [0.4, 0.5) is 11.8 Å². The number of benzene rings is 1. The number of rotatable bonds is 6. The van der Waals surface area contributed by atoms with Crippen LogP contribution in [0.1, 0.15) is 30.0 Å². The maximum Gasteiger partial charge on any atom is 0.222 e. The van der Waals surface area contributed by atoms with E-state index in [1.165, 1.54) is 0 Å². The van der Waals surface area contributed by atoms with E-state index in [2.05, 4.69) is 15.3 Å². The van der Waals surface area contributed by atoms with Gasteiger partial charge in [-0.15, -0.1) is 24.8 Å². The fourth-order valence-electron chi connectivity index (χ4n) is 2.89. The molecule has 1 aliphatic rings. The molecule has 26 heavy (non-hydrogen) atoms. The number of nitrogen functional groups attached to an aromatic ring is 1. The third kappa shape index (κ3) is 5.03. The van der Waals surface area contributed by atoms with Crippen molar-refractivity contribution < 1.29 is 9.47 Å². The average Bonchev–Trinajstić information content (AvgIpc) is 2.56. The molecule has 1 aromatic heterocycles. The molecule has 0 bridgehead atoms. The first-order valence-electron chi connectivity index (χ1n) is 7.94. The number of nitrogens with zero attached hydrogens (tertiary/aromatic N) is 2. The van der Waals surface area contributed by atoms with Gasteiger partial charge in [-0.05, 0) is 31.0 Å². The highest BCUT2D eigenvalue weighted by Crippen LogP contribution is 2.35. The molecule has 1 aromatic carbocycles. The highest BCUT2D eigenvalue weighted by atomic mass is 35.5. The number of hydrogen-bond donors (Lipinski definition) is 3. The van der Waals surface area contributed by atoms with E-state index in [1.807, 2.05) is 24.3 Å². The van der Waals surface area contributed by atoms with Crippen molar-refractivity contribution in [2.75, 3.05) is 25.3 Å². The van der Waals surface area contributed by atoms with Crippen LogP contribution >= 0.6 is 24.8 Å². The van der Waals surface area contributed by atoms with E-state index >= 15 is 0 Å². The molecule has 0 spiro atoms. The third-order valence-electron chi connectivity index (χ3n) is 4.30. The van der Waals surface area contributed by atoms with Crippen LogP contribution in [-0.2, 0) is 6.54 Å². The van der Waals surface area contributed by atoms with Crippen LogP contribution < -0.4 is 26.3 Å². The zero-order chi connectivity index (χ0) is 17.1. The molecular formula is C17H25Cl2N5O2. The number of halogens is 2. The van der Waals surface area contributed by atoms with E-state index in [4.69, 9.17) is 20.9 Å². The summed E-state index contributed by atoms with van der Waals surface area (Å²) in [6.07, 6.45) is 1.89. The lowest BCUT2D eigenvalue weighted by atomic mass is 9.78. The van der Waals surface area contributed by atoms with Crippen LogP contribution in [0.3, 0.4) is 0 Å². The van der Waals surface area contributed by atoms with Crippen molar-refractivity contribution in [3.63, 3.8) is 0 Å². The average molecular weight is 402 g/mol. The first-order valence-corrected chi connectivity index (χ1v) is 7.94. The number of anilines is 2.